The number of carbonyl (C=O) groups excluding carboxylic acids is 1. The van der Waals surface area contributed by atoms with Crippen molar-refractivity contribution in [2.45, 2.75) is 32.6 Å². The predicted octanol–water partition coefficient (Wildman–Crippen LogP) is 3.00. The fourth-order valence-corrected chi connectivity index (χ4v) is 3.69. The van der Waals surface area contributed by atoms with Crippen LogP contribution in [0.25, 0.3) is 11.0 Å². The van der Waals surface area contributed by atoms with E-state index in [1.54, 1.807) is 0 Å². The fraction of sp³-hybridized carbons (Fsp3) is 0.400. The third-order valence-corrected chi connectivity index (χ3v) is 5.25. The highest BCUT2D eigenvalue weighted by molar-refractivity contribution is 5.97. The zero-order chi connectivity index (χ0) is 18.3. The van der Waals surface area contributed by atoms with Crippen molar-refractivity contribution >= 4 is 16.9 Å². The van der Waals surface area contributed by atoms with Gasteiger partial charge in [0.1, 0.15) is 5.82 Å². The second-order valence-corrected chi connectivity index (χ2v) is 7.08. The van der Waals surface area contributed by atoms with Crippen LogP contribution in [0.1, 0.15) is 46.3 Å². The molecule has 0 N–H and O–H groups in total. The molecule has 1 aliphatic heterocycles. The lowest BCUT2D eigenvalue weighted by Gasteiger charge is -2.32. The Hall–Kier alpha value is -2.76. The first-order valence-corrected chi connectivity index (χ1v) is 9.04. The maximum Gasteiger partial charge on any atom is 0.253 e. The SMILES string of the molecule is Cc1nc2ccc(C(=O)N3CCC[C@H](c4nccn4C)C3)cc2nc1C. The van der Waals surface area contributed by atoms with Crippen LogP contribution in [0.5, 0.6) is 0 Å². The Labute approximate surface area is 152 Å². The van der Waals surface area contributed by atoms with Crippen LogP contribution >= 0.6 is 0 Å². The molecular weight excluding hydrogens is 326 g/mol. The molecule has 6 heteroatoms. The van der Waals surface area contributed by atoms with Crippen molar-refractivity contribution in [3.63, 3.8) is 0 Å². The van der Waals surface area contributed by atoms with Gasteiger partial charge < -0.3 is 9.47 Å². The third kappa shape index (κ3) is 2.96. The van der Waals surface area contributed by atoms with Crippen LogP contribution in [0.4, 0.5) is 0 Å². The van der Waals surface area contributed by atoms with Crippen molar-refractivity contribution in [2.75, 3.05) is 13.1 Å². The first-order valence-electron chi connectivity index (χ1n) is 9.04. The van der Waals surface area contributed by atoms with Gasteiger partial charge in [-0.25, -0.2) is 15.0 Å². The summed E-state index contributed by atoms with van der Waals surface area (Å²) in [6.07, 6.45) is 5.84. The summed E-state index contributed by atoms with van der Waals surface area (Å²) in [4.78, 5) is 28.6. The summed E-state index contributed by atoms with van der Waals surface area (Å²) in [5, 5.41) is 0. The number of hydrogen-bond acceptors (Lipinski definition) is 4. The Bertz CT molecular complexity index is 977. The average molecular weight is 349 g/mol. The molecular formula is C20H23N5O. The quantitative estimate of drug-likeness (QED) is 0.713. The summed E-state index contributed by atoms with van der Waals surface area (Å²) >= 11 is 0. The number of fused-ring (bicyclic) bond motifs is 1. The Morgan fingerprint density at radius 2 is 1.92 bits per heavy atom. The Morgan fingerprint density at radius 1 is 1.15 bits per heavy atom. The molecule has 6 nitrogen and oxygen atoms in total. The predicted molar refractivity (Wildman–Crippen MR) is 100 cm³/mol. The number of imidazole rings is 1. The molecule has 26 heavy (non-hydrogen) atoms. The number of hydrogen-bond donors (Lipinski definition) is 0. The Kier molecular flexibility index (Phi) is 4.18. The molecule has 0 radical (unpaired) electrons. The smallest absolute Gasteiger partial charge is 0.253 e. The molecule has 1 saturated heterocycles. The summed E-state index contributed by atoms with van der Waals surface area (Å²) in [7, 11) is 2.01. The van der Waals surface area contributed by atoms with E-state index in [0.29, 0.717) is 12.1 Å². The molecule has 1 fully saturated rings. The van der Waals surface area contributed by atoms with Gasteiger partial charge in [0.05, 0.1) is 22.4 Å². The second-order valence-electron chi connectivity index (χ2n) is 7.08. The number of piperidine rings is 1. The summed E-state index contributed by atoms with van der Waals surface area (Å²) in [5.41, 5.74) is 4.10. The molecule has 0 spiro atoms. The molecule has 134 valence electrons. The number of aryl methyl sites for hydroxylation is 3. The van der Waals surface area contributed by atoms with Crippen molar-refractivity contribution in [3.8, 4) is 0 Å². The van der Waals surface area contributed by atoms with Gasteiger partial charge in [-0.05, 0) is 44.9 Å². The molecule has 1 aromatic carbocycles. The molecule has 1 atom stereocenters. The zero-order valence-electron chi connectivity index (χ0n) is 15.4. The lowest BCUT2D eigenvalue weighted by atomic mass is 9.96. The molecule has 1 amide bonds. The van der Waals surface area contributed by atoms with Crippen LogP contribution < -0.4 is 0 Å². The molecule has 0 aliphatic carbocycles. The van der Waals surface area contributed by atoms with Gasteiger partial charge >= 0.3 is 0 Å². The highest BCUT2D eigenvalue weighted by atomic mass is 16.2. The van der Waals surface area contributed by atoms with Crippen LogP contribution in [0.2, 0.25) is 0 Å². The van der Waals surface area contributed by atoms with Gasteiger partial charge in [-0.3, -0.25) is 4.79 Å². The molecule has 0 bridgehead atoms. The first-order chi connectivity index (χ1) is 12.5. The molecule has 3 heterocycles. The van der Waals surface area contributed by atoms with Crippen LogP contribution in [-0.4, -0.2) is 43.4 Å². The summed E-state index contributed by atoms with van der Waals surface area (Å²) in [6, 6.07) is 5.61. The van der Waals surface area contributed by atoms with Crippen LogP contribution in [0.3, 0.4) is 0 Å². The average Bonchev–Trinajstić information content (AvgIpc) is 3.08. The second kappa shape index (κ2) is 6.52. The van der Waals surface area contributed by atoms with Crippen molar-refractivity contribution in [1.29, 1.82) is 0 Å². The van der Waals surface area contributed by atoms with E-state index in [0.717, 1.165) is 47.6 Å². The van der Waals surface area contributed by atoms with Gasteiger partial charge in [0.2, 0.25) is 0 Å². The highest BCUT2D eigenvalue weighted by Crippen LogP contribution is 2.27. The number of likely N-dealkylation sites (tertiary alicyclic amines) is 1. The maximum atomic E-state index is 13.0. The van der Waals surface area contributed by atoms with E-state index < -0.39 is 0 Å². The normalized spacial score (nSPS) is 17.7. The van der Waals surface area contributed by atoms with E-state index in [1.807, 2.05) is 56.4 Å². The Morgan fingerprint density at radius 3 is 2.65 bits per heavy atom. The van der Waals surface area contributed by atoms with E-state index in [1.165, 1.54) is 0 Å². The van der Waals surface area contributed by atoms with E-state index in [9.17, 15) is 4.79 Å². The van der Waals surface area contributed by atoms with E-state index in [2.05, 4.69) is 19.5 Å². The minimum absolute atomic E-state index is 0.0610. The fourth-order valence-electron chi connectivity index (χ4n) is 3.69. The summed E-state index contributed by atoms with van der Waals surface area (Å²) < 4.78 is 2.05. The van der Waals surface area contributed by atoms with Crippen molar-refractivity contribution in [3.05, 3.63) is 53.4 Å². The number of aromatic nitrogens is 4. The topological polar surface area (TPSA) is 63.9 Å². The van der Waals surface area contributed by atoms with Gasteiger partial charge in [0.15, 0.2) is 0 Å². The van der Waals surface area contributed by atoms with Gasteiger partial charge in [-0.15, -0.1) is 0 Å². The molecule has 4 rings (SSSR count). The van der Waals surface area contributed by atoms with E-state index in [4.69, 9.17) is 0 Å². The number of nitrogens with zero attached hydrogens (tertiary/aromatic N) is 5. The Balaban J connectivity index is 1.59. The van der Waals surface area contributed by atoms with E-state index >= 15 is 0 Å². The van der Waals surface area contributed by atoms with Gasteiger partial charge in [-0.1, -0.05) is 0 Å². The minimum Gasteiger partial charge on any atom is -0.338 e. The molecule has 0 unspecified atom stereocenters. The van der Waals surface area contributed by atoms with Gasteiger partial charge in [0.25, 0.3) is 5.91 Å². The van der Waals surface area contributed by atoms with Crippen molar-refractivity contribution < 1.29 is 4.79 Å². The van der Waals surface area contributed by atoms with Gasteiger partial charge in [-0.2, -0.15) is 0 Å². The summed E-state index contributed by atoms with van der Waals surface area (Å²) in [5.74, 6) is 1.40. The van der Waals surface area contributed by atoms with Crippen LogP contribution in [0.15, 0.2) is 30.6 Å². The third-order valence-electron chi connectivity index (χ3n) is 5.25. The number of rotatable bonds is 2. The molecule has 2 aromatic heterocycles. The largest absolute Gasteiger partial charge is 0.338 e. The molecule has 3 aromatic rings. The minimum atomic E-state index is 0.0610. The standard InChI is InChI=1S/C20H23N5O/c1-13-14(2)23-18-11-15(6-7-17(18)22-13)20(26)25-9-4-5-16(12-25)19-21-8-10-24(19)3/h6-8,10-11,16H,4-5,9,12H2,1-3H3/t16-/m0/s1. The van der Waals surface area contributed by atoms with Crippen LogP contribution in [-0.2, 0) is 7.05 Å². The zero-order valence-corrected chi connectivity index (χ0v) is 15.4. The molecule has 1 aliphatic rings. The molecule has 0 saturated carbocycles. The number of carbonyl (C=O) groups is 1. The maximum absolute atomic E-state index is 13.0. The lowest BCUT2D eigenvalue weighted by Crippen LogP contribution is -2.39. The monoisotopic (exact) mass is 349 g/mol. The lowest BCUT2D eigenvalue weighted by molar-refractivity contribution is 0.0703. The van der Waals surface area contributed by atoms with E-state index in [-0.39, 0.29) is 11.8 Å². The first kappa shape index (κ1) is 16.7. The summed E-state index contributed by atoms with van der Waals surface area (Å²) in [6.45, 7) is 5.39. The van der Waals surface area contributed by atoms with Crippen molar-refractivity contribution in [2.24, 2.45) is 7.05 Å². The van der Waals surface area contributed by atoms with Crippen LogP contribution in [0, 0.1) is 13.8 Å². The highest BCUT2D eigenvalue weighted by Gasteiger charge is 2.27. The van der Waals surface area contributed by atoms with Gasteiger partial charge in [0, 0.05) is 44.0 Å². The number of benzene rings is 1. The number of amides is 1. The van der Waals surface area contributed by atoms with Crippen molar-refractivity contribution in [1.82, 2.24) is 24.4 Å².